The molecule has 0 bridgehead atoms. The van der Waals surface area contributed by atoms with E-state index >= 15 is 0 Å². The first-order valence-electron chi connectivity index (χ1n) is 10.2. The third-order valence-corrected chi connectivity index (χ3v) is 4.72. The van der Waals surface area contributed by atoms with Gasteiger partial charge >= 0.3 is 0 Å². The Bertz CT molecular complexity index is 1120. The molecule has 0 N–H and O–H groups in total. The minimum absolute atomic E-state index is 0. The van der Waals surface area contributed by atoms with Crippen molar-refractivity contribution in [3.63, 3.8) is 0 Å². The summed E-state index contributed by atoms with van der Waals surface area (Å²) in [6.07, 6.45) is 4.54. The van der Waals surface area contributed by atoms with Crippen LogP contribution in [0, 0.1) is 12.1 Å². The normalized spacial score (nSPS) is 9.75. The molecule has 2 heterocycles. The molecule has 0 amide bonds. The Morgan fingerprint density at radius 2 is 1.16 bits per heavy atom. The van der Waals surface area contributed by atoms with Crippen LogP contribution in [0.25, 0.3) is 22.5 Å². The molecule has 0 atom stereocenters. The Hall–Kier alpha value is -3.39. The van der Waals surface area contributed by atoms with Crippen LogP contribution in [0.1, 0.15) is 11.1 Å². The molecular formula is C29H22IrN2-2. The summed E-state index contributed by atoms with van der Waals surface area (Å²) in [5.74, 6) is 0. The Labute approximate surface area is 203 Å². The van der Waals surface area contributed by atoms with Gasteiger partial charge in [-0.05, 0) is 29.9 Å². The summed E-state index contributed by atoms with van der Waals surface area (Å²) in [7, 11) is 0. The van der Waals surface area contributed by atoms with Gasteiger partial charge in [0.1, 0.15) is 0 Å². The third-order valence-electron chi connectivity index (χ3n) is 4.72. The first kappa shape index (κ1) is 23.3. The van der Waals surface area contributed by atoms with E-state index in [1.54, 1.807) is 12.4 Å². The van der Waals surface area contributed by atoms with Crippen LogP contribution in [0.3, 0.4) is 0 Å². The summed E-state index contributed by atoms with van der Waals surface area (Å²) < 4.78 is 0. The SMILES string of the molecule is [Ir].[c-]1cc(Cc2ccccc2)ccc1-c1ccccn1.[c-]1ccccc1-c1ccccn1. The van der Waals surface area contributed by atoms with Gasteiger partial charge < -0.3 is 9.97 Å². The molecule has 5 rings (SSSR count). The minimum Gasteiger partial charge on any atom is -0.305 e. The zero-order valence-electron chi connectivity index (χ0n) is 17.5. The third kappa shape index (κ3) is 6.81. The van der Waals surface area contributed by atoms with Crippen molar-refractivity contribution in [1.29, 1.82) is 0 Å². The molecule has 0 saturated heterocycles. The van der Waals surface area contributed by atoms with Gasteiger partial charge in [0.25, 0.3) is 0 Å². The van der Waals surface area contributed by atoms with Crippen molar-refractivity contribution >= 4 is 0 Å². The fourth-order valence-corrected chi connectivity index (χ4v) is 3.15. The van der Waals surface area contributed by atoms with E-state index in [0.717, 1.165) is 28.9 Å². The number of rotatable bonds is 4. The van der Waals surface area contributed by atoms with Crippen LogP contribution in [0.5, 0.6) is 0 Å². The smallest absolute Gasteiger partial charge is 0.0160 e. The van der Waals surface area contributed by atoms with E-state index in [1.807, 2.05) is 66.7 Å². The molecule has 2 nitrogen and oxygen atoms in total. The Balaban J connectivity index is 0.000000193. The topological polar surface area (TPSA) is 25.8 Å². The maximum atomic E-state index is 4.33. The van der Waals surface area contributed by atoms with Crippen LogP contribution in [0.2, 0.25) is 0 Å². The summed E-state index contributed by atoms with van der Waals surface area (Å²) in [6, 6.07) is 42.8. The van der Waals surface area contributed by atoms with Gasteiger partial charge in [0.2, 0.25) is 0 Å². The predicted molar refractivity (Wildman–Crippen MR) is 126 cm³/mol. The largest absolute Gasteiger partial charge is 0.305 e. The van der Waals surface area contributed by atoms with Gasteiger partial charge in [0, 0.05) is 32.5 Å². The maximum absolute atomic E-state index is 4.33. The Morgan fingerprint density at radius 3 is 1.69 bits per heavy atom. The summed E-state index contributed by atoms with van der Waals surface area (Å²) in [5.41, 5.74) is 6.61. The van der Waals surface area contributed by atoms with Gasteiger partial charge in [-0.1, -0.05) is 60.2 Å². The fourth-order valence-electron chi connectivity index (χ4n) is 3.15. The van der Waals surface area contributed by atoms with Crippen molar-refractivity contribution in [3.05, 3.63) is 145 Å². The summed E-state index contributed by atoms with van der Waals surface area (Å²) in [6.45, 7) is 0. The molecule has 0 saturated carbocycles. The van der Waals surface area contributed by atoms with Crippen molar-refractivity contribution in [2.24, 2.45) is 0 Å². The van der Waals surface area contributed by atoms with Crippen molar-refractivity contribution in [1.82, 2.24) is 9.97 Å². The molecule has 2 aromatic heterocycles. The van der Waals surface area contributed by atoms with E-state index in [0.29, 0.717) is 0 Å². The van der Waals surface area contributed by atoms with Gasteiger partial charge in [-0.2, -0.15) is 0 Å². The number of benzene rings is 3. The molecule has 3 heteroatoms. The molecule has 0 aliphatic carbocycles. The standard InChI is InChI=1S/C18H14N.C11H8N.Ir/c1-2-6-15(7-3-1)14-16-9-11-17(12-10-16)18-8-4-5-13-19-18;1-2-6-10(7-3-1)11-8-4-5-9-12-11;/h1-11,13H,14H2;1-6,8-9H;/q2*-1;. The second kappa shape index (κ2) is 12.5. The second-order valence-corrected chi connectivity index (χ2v) is 6.98. The van der Waals surface area contributed by atoms with Gasteiger partial charge in [0.05, 0.1) is 0 Å². The van der Waals surface area contributed by atoms with Crippen LogP contribution in [-0.4, -0.2) is 9.97 Å². The van der Waals surface area contributed by atoms with Crippen LogP contribution in [0.4, 0.5) is 0 Å². The molecule has 0 unspecified atom stereocenters. The van der Waals surface area contributed by atoms with E-state index in [-0.39, 0.29) is 20.1 Å². The summed E-state index contributed by atoms with van der Waals surface area (Å²) >= 11 is 0. The summed E-state index contributed by atoms with van der Waals surface area (Å²) in [4.78, 5) is 8.55. The van der Waals surface area contributed by atoms with E-state index in [9.17, 15) is 0 Å². The van der Waals surface area contributed by atoms with Crippen LogP contribution in [0.15, 0.2) is 122 Å². The zero-order chi connectivity index (χ0) is 21.1. The molecule has 1 radical (unpaired) electrons. The van der Waals surface area contributed by atoms with Crippen molar-refractivity contribution < 1.29 is 20.1 Å². The van der Waals surface area contributed by atoms with Crippen LogP contribution >= 0.6 is 0 Å². The Morgan fingerprint density at radius 1 is 0.531 bits per heavy atom. The molecule has 3 aromatic carbocycles. The molecule has 5 aromatic rings. The van der Waals surface area contributed by atoms with Crippen LogP contribution < -0.4 is 0 Å². The molecule has 0 spiro atoms. The first-order chi connectivity index (χ1) is 15.4. The molecule has 0 fully saturated rings. The van der Waals surface area contributed by atoms with Gasteiger partial charge in [-0.15, -0.1) is 71.3 Å². The molecule has 159 valence electrons. The van der Waals surface area contributed by atoms with E-state index < -0.39 is 0 Å². The van der Waals surface area contributed by atoms with Crippen molar-refractivity contribution in [2.45, 2.75) is 6.42 Å². The zero-order valence-corrected chi connectivity index (χ0v) is 19.9. The quantitative estimate of drug-likeness (QED) is 0.218. The number of pyridine rings is 2. The first-order valence-corrected chi connectivity index (χ1v) is 10.2. The molecule has 0 aliphatic rings. The van der Waals surface area contributed by atoms with E-state index in [2.05, 4.69) is 64.6 Å². The molecule has 0 aliphatic heterocycles. The van der Waals surface area contributed by atoms with E-state index in [1.165, 1.54) is 11.1 Å². The average Bonchev–Trinajstić information content (AvgIpc) is 2.87. The number of nitrogens with zero attached hydrogens (tertiary/aromatic N) is 2. The van der Waals surface area contributed by atoms with Gasteiger partial charge in [0.15, 0.2) is 0 Å². The summed E-state index contributed by atoms with van der Waals surface area (Å²) in [5, 5.41) is 0. The average molecular weight is 591 g/mol. The van der Waals surface area contributed by atoms with Gasteiger partial charge in [-0.25, -0.2) is 0 Å². The predicted octanol–water partition coefficient (Wildman–Crippen LogP) is 6.69. The second-order valence-electron chi connectivity index (χ2n) is 6.98. The van der Waals surface area contributed by atoms with Gasteiger partial charge in [-0.3, -0.25) is 0 Å². The van der Waals surface area contributed by atoms with Crippen molar-refractivity contribution in [2.75, 3.05) is 0 Å². The molecule has 32 heavy (non-hydrogen) atoms. The maximum Gasteiger partial charge on any atom is 0.0160 e. The fraction of sp³-hybridized carbons (Fsp3) is 0.0345. The minimum atomic E-state index is 0. The molecular weight excluding hydrogens is 569 g/mol. The number of hydrogen-bond acceptors (Lipinski definition) is 2. The number of hydrogen-bond donors (Lipinski definition) is 0. The van der Waals surface area contributed by atoms with Crippen LogP contribution in [-0.2, 0) is 26.5 Å². The Kier molecular flexibility index (Phi) is 9.06. The van der Waals surface area contributed by atoms with Crippen molar-refractivity contribution in [3.8, 4) is 22.5 Å². The van der Waals surface area contributed by atoms with E-state index in [4.69, 9.17) is 0 Å². The number of aromatic nitrogens is 2. The monoisotopic (exact) mass is 591 g/mol.